The van der Waals surface area contributed by atoms with Gasteiger partial charge >= 0.3 is 0 Å². The number of nitrogens with zero attached hydrogens (tertiary/aromatic N) is 2. The van der Waals surface area contributed by atoms with Crippen LogP contribution in [0.5, 0.6) is 0 Å². The number of hydrogen-bond acceptors (Lipinski definition) is 3. The summed E-state index contributed by atoms with van der Waals surface area (Å²) in [6.07, 6.45) is 7.35. The second-order valence-corrected chi connectivity index (χ2v) is 7.13. The maximum Gasteiger partial charge on any atom is 0.151 e. The van der Waals surface area contributed by atoms with Gasteiger partial charge in [-0.15, -0.1) is 24.8 Å². The van der Waals surface area contributed by atoms with Crippen LogP contribution in [0, 0.1) is 5.41 Å². The van der Waals surface area contributed by atoms with Gasteiger partial charge in [-0.2, -0.15) is 0 Å². The molecule has 7 heteroatoms. The number of imidazole rings is 1. The zero-order valence-electron chi connectivity index (χ0n) is 13.9. The van der Waals surface area contributed by atoms with Crippen LogP contribution in [0.15, 0.2) is 0 Å². The van der Waals surface area contributed by atoms with Crippen molar-refractivity contribution in [1.82, 2.24) is 20.2 Å². The van der Waals surface area contributed by atoms with Gasteiger partial charge in [0.2, 0.25) is 0 Å². The third-order valence-corrected chi connectivity index (χ3v) is 5.42. The Kier molecular flexibility index (Phi) is 8.67. The Labute approximate surface area is 157 Å². The Morgan fingerprint density at radius 2 is 1.96 bits per heavy atom. The average molecular weight is 384 g/mol. The van der Waals surface area contributed by atoms with Crippen molar-refractivity contribution in [3.8, 4) is 0 Å². The third kappa shape index (κ3) is 5.23. The predicted molar refractivity (Wildman–Crippen MR) is 101 cm³/mol. The molecule has 0 unspecified atom stereocenters. The number of halogens is 3. The Hall–Kier alpha value is -0.000000000000000111. The molecule has 2 aliphatic rings. The molecular formula is C16H29Cl3N4. The summed E-state index contributed by atoms with van der Waals surface area (Å²) in [5, 5.41) is 4.15. The van der Waals surface area contributed by atoms with Crippen molar-refractivity contribution in [2.75, 3.05) is 26.2 Å². The highest BCUT2D eigenvalue weighted by atomic mass is 35.5. The fourth-order valence-corrected chi connectivity index (χ4v) is 3.97. The van der Waals surface area contributed by atoms with E-state index in [0.717, 1.165) is 24.5 Å². The largest absolute Gasteiger partial charge is 0.344 e. The highest BCUT2D eigenvalue weighted by Gasteiger charge is 2.38. The summed E-state index contributed by atoms with van der Waals surface area (Å²) >= 11 is 6.30. The summed E-state index contributed by atoms with van der Waals surface area (Å²) in [5.41, 5.74) is 1.66. The van der Waals surface area contributed by atoms with E-state index in [1.54, 1.807) is 0 Å². The Balaban J connectivity index is 0.00000132. The van der Waals surface area contributed by atoms with Gasteiger partial charge in [-0.1, -0.05) is 24.9 Å². The van der Waals surface area contributed by atoms with Crippen LogP contribution in [-0.4, -0.2) is 41.0 Å². The van der Waals surface area contributed by atoms with Crippen molar-refractivity contribution in [3.63, 3.8) is 0 Å². The molecule has 1 spiro atoms. The minimum absolute atomic E-state index is 0. The number of aryl methyl sites for hydroxylation is 1. The number of nitrogens with one attached hydrogen (secondary N) is 2. The van der Waals surface area contributed by atoms with Gasteiger partial charge in [0, 0.05) is 19.5 Å². The zero-order valence-corrected chi connectivity index (χ0v) is 16.3. The molecule has 0 saturated carbocycles. The topological polar surface area (TPSA) is 44.0 Å². The molecule has 1 aromatic rings. The number of unbranched alkanes of at least 4 members (excludes halogenated alkanes) is 1. The Morgan fingerprint density at radius 3 is 2.65 bits per heavy atom. The molecule has 3 heterocycles. The van der Waals surface area contributed by atoms with Crippen molar-refractivity contribution in [1.29, 1.82) is 0 Å². The van der Waals surface area contributed by atoms with Gasteiger partial charge in [0.25, 0.3) is 0 Å². The number of hydrogen-bond donors (Lipinski definition) is 2. The SMILES string of the molecule is CCCCc1nc(Cl)c(CN2CCC3(CCNCC3)C2)[nH]1.Cl.Cl. The third-order valence-electron chi connectivity index (χ3n) is 5.11. The van der Waals surface area contributed by atoms with Gasteiger partial charge in [-0.05, 0) is 50.7 Å². The van der Waals surface area contributed by atoms with Crippen LogP contribution in [0.25, 0.3) is 0 Å². The first-order valence-electron chi connectivity index (χ1n) is 8.37. The molecule has 3 rings (SSSR count). The number of aromatic nitrogens is 2. The first kappa shape index (κ1) is 21.0. The van der Waals surface area contributed by atoms with Crippen LogP contribution in [0.2, 0.25) is 5.15 Å². The van der Waals surface area contributed by atoms with Crippen molar-refractivity contribution >= 4 is 36.4 Å². The summed E-state index contributed by atoms with van der Waals surface area (Å²) < 4.78 is 0. The summed E-state index contributed by atoms with van der Waals surface area (Å²) in [4.78, 5) is 10.5. The first-order valence-corrected chi connectivity index (χ1v) is 8.75. The predicted octanol–water partition coefficient (Wildman–Crippen LogP) is 3.82. The molecule has 0 aromatic carbocycles. The second kappa shape index (κ2) is 9.47. The lowest BCUT2D eigenvalue weighted by Crippen LogP contribution is -2.38. The van der Waals surface area contributed by atoms with E-state index in [0.29, 0.717) is 10.6 Å². The number of likely N-dealkylation sites (tertiary alicyclic amines) is 1. The lowest BCUT2D eigenvalue weighted by atomic mass is 9.78. The lowest BCUT2D eigenvalue weighted by molar-refractivity contribution is 0.193. The average Bonchev–Trinajstić information content (AvgIpc) is 3.03. The number of rotatable bonds is 5. The van der Waals surface area contributed by atoms with E-state index in [9.17, 15) is 0 Å². The standard InChI is InChI=1S/C16H27ClN4.2ClH/c1-2-3-4-14-19-13(15(17)20-14)11-21-10-7-16(12-21)5-8-18-9-6-16;;/h18H,2-12H2,1H3,(H,19,20);2*1H. The maximum atomic E-state index is 6.30. The van der Waals surface area contributed by atoms with Crippen molar-refractivity contribution in [3.05, 3.63) is 16.7 Å². The van der Waals surface area contributed by atoms with Crippen LogP contribution >= 0.6 is 36.4 Å². The van der Waals surface area contributed by atoms with Crippen LogP contribution in [-0.2, 0) is 13.0 Å². The molecule has 2 saturated heterocycles. The minimum Gasteiger partial charge on any atom is -0.344 e. The lowest BCUT2D eigenvalue weighted by Gasteiger charge is -2.33. The molecule has 0 amide bonds. The van der Waals surface area contributed by atoms with Crippen LogP contribution in [0.4, 0.5) is 0 Å². The van der Waals surface area contributed by atoms with Crippen molar-refractivity contribution in [2.24, 2.45) is 5.41 Å². The normalized spacial score (nSPS) is 20.3. The van der Waals surface area contributed by atoms with E-state index in [2.05, 4.69) is 27.1 Å². The molecule has 0 bridgehead atoms. The maximum absolute atomic E-state index is 6.30. The summed E-state index contributed by atoms with van der Waals surface area (Å²) in [7, 11) is 0. The zero-order chi connectivity index (χ0) is 14.7. The van der Waals surface area contributed by atoms with Crippen LogP contribution in [0.1, 0.15) is 50.5 Å². The van der Waals surface area contributed by atoms with E-state index >= 15 is 0 Å². The van der Waals surface area contributed by atoms with Gasteiger partial charge < -0.3 is 10.3 Å². The molecule has 1 aromatic heterocycles. The molecule has 134 valence electrons. The number of piperidine rings is 1. The Bertz CT molecular complexity index is 472. The van der Waals surface area contributed by atoms with E-state index in [1.165, 1.54) is 58.3 Å². The van der Waals surface area contributed by atoms with E-state index < -0.39 is 0 Å². The smallest absolute Gasteiger partial charge is 0.151 e. The molecule has 23 heavy (non-hydrogen) atoms. The van der Waals surface area contributed by atoms with Crippen molar-refractivity contribution < 1.29 is 0 Å². The fraction of sp³-hybridized carbons (Fsp3) is 0.812. The first-order chi connectivity index (χ1) is 10.2. The summed E-state index contributed by atoms with van der Waals surface area (Å²) in [6, 6.07) is 0. The highest BCUT2D eigenvalue weighted by molar-refractivity contribution is 6.30. The molecule has 2 N–H and O–H groups in total. The molecule has 0 atom stereocenters. The fourth-order valence-electron chi connectivity index (χ4n) is 3.76. The quantitative estimate of drug-likeness (QED) is 0.812. The second-order valence-electron chi connectivity index (χ2n) is 6.77. The van der Waals surface area contributed by atoms with Gasteiger partial charge in [0.1, 0.15) is 5.82 Å². The van der Waals surface area contributed by atoms with Crippen molar-refractivity contribution in [2.45, 2.75) is 52.0 Å². The van der Waals surface area contributed by atoms with Gasteiger partial charge in [0.05, 0.1) is 5.69 Å². The van der Waals surface area contributed by atoms with Gasteiger partial charge in [0.15, 0.2) is 5.15 Å². The van der Waals surface area contributed by atoms with E-state index in [4.69, 9.17) is 11.6 Å². The molecule has 2 fully saturated rings. The van der Waals surface area contributed by atoms with Gasteiger partial charge in [-0.25, -0.2) is 4.98 Å². The molecule has 0 radical (unpaired) electrons. The van der Waals surface area contributed by atoms with Crippen LogP contribution in [0.3, 0.4) is 0 Å². The van der Waals surface area contributed by atoms with Gasteiger partial charge in [-0.3, -0.25) is 4.90 Å². The summed E-state index contributed by atoms with van der Waals surface area (Å²) in [5.74, 6) is 1.05. The highest BCUT2D eigenvalue weighted by Crippen LogP contribution is 2.39. The number of H-pyrrole nitrogens is 1. The van der Waals surface area contributed by atoms with E-state index in [1.807, 2.05) is 0 Å². The number of aromatic amines is 1. The molecule has 2 aliphatic heterocycles. The van der Waals surface area contributed by atoms with Crippen LogP contribution < -0.4 is 5.32 Å². The minimum atomic E-state index is 0. The monoisotopic (exact) mass is 382 g/mol. The Morgan fingerprint density at radius 1 is 1.22 bits per heavy atom. The summed E-state index contributed by atoms with van der Waals surface area (Å²) in [6.45, 7) is 7.90. The molecule has 4 nitrogen and oxygen atoms in total. The molecule has 0 aliphatic carbocycles. The molecular weight excluding hydrogens is 355 g/mol. The van der Waals surface area contributed by atoms with E-state index in [-0.39, 0.29) is 24.8 Å².